The lowest BCUT2D eigenvalue weighted by molar-refractivity contribution is 0.479. The van der Waals surface area contributed by atoms with Crippen molar-refractivity contribution in [2.45, 2.75) is 0 Å². The monoisotopic (exact) mass is 207 g/mol. The van der Waals surface area contributed by atoms with Gasteiger partial charge in [-0.3, -0.25) is 0 Å². The molecule has 0 atom stereocenters. The second kappa shape index (κ2) is 3.53. The zero-order valence-electron chi connectivity index (χ0n) is 8.81. The predicted octanol–water partition coefficient (Wildman–Crippen LogP) is 4.16. The fourth-order valence-electron chi connectivity index (χ4n) is 2.06. The van der Waals surface area contributed by atoms with E-state index in [-0.39, 0.29) is 0 Å². The Kier molecular flexibility index (Phi) is 2.03. The molecule has 0 bridgehead atoms. The van der Waals surface area contributed by atoms with Crippen LogP contribution in [0.1, 0.15) is 0 Å². The van der Waals surface area contributed by atoms with Crippen LogP contribution in [0.15, 0.2) is 54.6 Å². The summed E-state index contributed by atoms with van der Waals surface area (Å²) in [5.74, 6) is 0.822. The van der Waals surface area contributed by atoms with Gasteiger partial charge in [0, 0.05) is 5.39 Å². The molecular weight excluding hydrogens is 196 g/mol. The quantitative estimate of drug-likeness (QED) is 0.544. The molecule has 0 aliphatic heterocycles. The van der Waals surface area contributed by atoms with Crippen molar-refractivity contribution in [1.82, 2.24) is 0 Å². The molecule has 3 rings (SSSR count). The van der Waals surface area contributed by atoms with Gasteiger partial charge in [-0.1, -0.05) is 36.4 Å². The van der Waals surface area contributed by atoms with Crippen LogP contribution in [-0.4, -0.2) is 0 Å². The first kappa shape index (κ1) is 9.22. The van der Waals surface area contributed by atoms with Gasteiger partial charge in [-0.25, -0.2) is 0 Å². The highest BCUT2D eigenvalue weighted by atomic mass is 16.5. The molecule has 0 fully saturated rings. The van der Waals surface area contributed by atoms with Crippen LogP contribution in [0.3, 0.4) is 0 Å². The molecule has 0 aromatic heterocycles. The highest BCUT2D eigenvalue weighted by Crippen LogP contribution is 2.29. The van der Waals surface area contributed by atoms with Crippen LogP contribution in [0.25, 0.3) is 21.5 Å². The van der Waals surface area contributed by atoms with Gasteiger partial charge in [0.25, 0.3) is 0 Å². The molecule has 0 unspecified atom stereocenters. The molecule has 0 aliphatic rings. The first-order valence-corrected chi connectivity index (χ1v) is 5.22. The molecule has 0 saturated carbocycles. The molecule has 1 nitrogen and oxygen atoms in total. The molecule has 0 spiro atoms. The normalized spacial score (nSPS) is 10.8. The van der Waals surface area contributed by atoms with Crippen molar-refractivity contribution in [3.05, 3.63) is 61.7 Å². The Hall–Kier alpha value is -2.02. The van der Waals surface area contributed by atoms with E-state index < -0.39 is 0 Å². The van der Waals surface area contributed by atoms with Gasteiger partial charge in [0.2, 0.25) is 0 Å². The summed E-state index contributed by atoms with van der Waals surface area (Å²) in [5.41, 5.74) is 0. The maximum absolute atomic E-state index is 5.13. The van der Waals surface area contributed by atoms with Gasteiger partial charge in [-0.05, 0) is 34.4 Å². The first-order chi connectivity index (χ1) is 7.88. The molecule has 1 heteroatoms. The average Bonchev–Trinajstić information content (AvgIpc) is 2.35. The summed E-state index contributed by atoms with van der Waals surface area (Å²) in [6.45, 7) is 0. The molecule has 0 heterocycles. The van der Waals surface area contributed by atoms with Crippen LogP contribution in [0.4, 0.5) is 0 Å². The van der Waals surface area contributed by atoms with Crippen molar-refractivity contribution in [2.24, 2.45) is 0 Å². The Morgan fingerprint density at radius 2 is 1.44 bits per heavy atom. The average molecular weight is 207 g/mol. The molecule has 0 N–H and O–H groups in total. The molecule has 3 aromatic rings. The van der Waals surface area contributed by atoms with E-state index in [1.54, 1.807) is 0 Å². The van der Waals surface area contributed by atoms with Crippen LogP contribution >= 0.6 is 0 Å². The number of hydrogen-bond acceptors (Lipinski definition) is 1. The fourth-order valence-corrected chi connectivity index (χ4v) is 2.06. The van der Waals surface area contributed by atoms with Crippen LogP contribution in [0, 0.1) is 7.11 Å². The van der Waals surface area contributed by atoms with Crippen LogP contribution in [0.2, 0.25) is 0 Å². The minimum absolute atomic E-state index is 0.822. The largest absolute Gasteiger partial charge is 0.489 e. The van der Waals surface area contributed by atoms with E-state index in [0.717, 1.165) is 11.1 Å². The predicted molar refractivity (Wildman–Crippen MR) is 67.4 cm³/mol. The van der Waals surface area contributed by atoms with Crippen molar-refractivity contribution >= 4 is 21.5 Å². The summed E-state index contributed by atoms with van der Waals surface area (Å²) in [4.78, 5) is 0. The van der Waals surface area contributed by atoms with Crippen LogP contribution in [0.5, 0.6) is 5.75 Å². The molecule has 0 amide bonds. The van der Waals surface area contributed by atoms with Gasteiger partial charge in [-0.2, -0.15) is 0 Å². The second-order valence-corrected chi connectivity index (χ2v) is 3.82. The van der Waals surface area contributed by atoms with E-state index in [4.69, 9.17) is 4.74 Å². The summed E-state index contributed by atoms with van der Waals surface area (Å²) in [6, 6.07) is 18.6. The van der Waals surface area contributed by atoms with Crippen molar-refractivity contribution in [3.63, 3.8) is 0 Å². The lowest BCUT2D eigenvalue weighted by atomic mass is 10.0. The number of ether oxygens (including phenoxy) is 1. The van der Waals surface area contributed by atoms with E-state index in [2.05, 4.69) is 43.5 Å². The lowest BCUT2D eigenvalue weighted by Crippen LogP contribution is -1.82. The van der Waals surface area contributed by atoms with Crippen molar-refractivity contribution < 1.29 is 4.74 Å². The summed E-state index contributed by atoms with van der Waals surface area (Å²) in [6.07, 6.45) is 0. The summed E-state index contributed by atoms with van der Waals surface area (Å²) >= 11 is 0. The van der Waals surface area contributed by atoms with Crippen molar-refractivity contribution in [2.75, 3.05) is 0 Å². The van der Waals surface area contributed by atoms with E-state index in [0.29, 0.717) is 0 Å². The number of hydrogen-bond donors (Lipinski definition) is 0. The number of fused-ring (bicyclic) bond motifs is 2. The van der Waals surface area contributed by atoms with Gasteiger partial charge < -0.3 is 4.74 Å². The van der Waals surface area contributed by atoms with E-state index >= 15 is 0 Å². The lowest BCUT2D eigenvalue weighted by Gasteiger charge is -2.06. The molecule has 1 radical (unpaired) electrons. The molecular formula is C15H11O. The Morgan fingerprint density at radius 1 is 0.750 bits per heavy atom. The Bertz CT molecular complexity index is 656. The smallest absolute Gasteiger partial charge is 0.127 e. The highest BCUT2D eigenvalue weighted by Gasteiger charge is 2.02. The maximum atomic E-state index is 5.13. The van der Waals surface area contributed by atoms with Gasteiger partial charge in [-0.15, -0.1) is 0 Å². The third-order valence-electron chi connectivity index (χ3n) is 2.86. The SMILES string of the molecule is [CH2]Oc1cccc2cc3ccccc3cc12. The van der Waals surface area contributed by atoms with Crippen LogP contribution < -0.4 is 4.74 Å². The Morgan fingerprint density at radius 3 is 2.19 bits per heavy atom. The fraction of sp³-hybridized carbons (Fsp3) is 0. The molecule has 0 aliphatic carbocycles. The molecule has 77 valence electrons. The van der Waals surface area contributed by atoms with Crippen LogP contribution in [-0.2, 0) is 0 Å². The first-order valence-electron chi connectivity index (χ1n) is 5.22. The summed E-state index contributed by atoms with van der Waals surface area (Å²) in [7, 11) is 3.49. The molecule has 16 heavy (non-hydrogen) atoms. The standard InChI is InChI=1S/C15H11O/c1-16-15-8-4-7-13-9-11-5-2-3-6-12(11)10-14(13)15/h2-10H,1H2. The van der Waals surface area contributed by atoms with Crippen molar-refractivity contribution in [3.8, 4) is 5.75 Å². The van der Waals surface area contributed by atoms with Gasteiger partial charge in [0.1, 0.15) is 12.9 Å². The summed E-state index contributed by atoms with van der Waals surface area (Å²) < 4.78 is 5.13. The molecule has 3 aromatic carbocycles. The number of benzene rings is 3. The second-order valence-electron chi connectivity index (χ2n) is 3.82. The zero-order chi connectivity index (χ0) is 11.0. The molecule has 0 saturated heterocycles. The third-order valence-corrected chi connectivity index (χ3v) is 2.86. The summed E-state index contributed by atoms with van der Waals surface area (Å²) in [5, 5.41) is 4.76. The maximum Gasteiger partial charge on any atom is 0.127 e. The third kappa shape index (κ3) is 1.33. The van der Waals surface area contributed by atoms with E-state index in [1.807, 2.05) is 18.2 Å². The minimum atomic E-state index is 0.822. The van der Waals surface area contributed by atoms with Gasteiger partial charge >= 0.3 is 0 Å². The number of rotatable bonds is 1. The van der Waals surface area contributed by atoms with Crippen molar-refractivity contribution in [1.29, 1.82) is 0 Å². The van der Waals surface area contributed by atoms with E-state index in [1.165, 1.54) is 16.2 Å². The highest BCUT2D eigenvalue weighted by molar-refractivity contribution is 6.00. The Labute approximate surface area is 94.3 Å². The van der Waals surface area contributed by atoms with Gasteiger partial charge in [0.05, 0.1) is 0 Å². The Balaban J connectivity index is 2.46. The topological polar surface area (TPSA) is 9.23 Å². The van der Waals surface area contributed by atoms with Gasteiger partial charge in [0.15, 0.2) is 0 Å². The zero-order valence-corrected chi connectivity index (χ0v) is 8.81. The minimum Gasteiger partial charge on any atom is -0.489 e. The van der Waals surface area contributed by atoms with E-state index in [9.17, 15) is 0 Å².